The van der Waals surface area contributed by atoms with E-state index < -0.39 is 5.91 Å². The minimum atomic E-state index is -0.672. The monoisotopic (exact) mass is 258 g/mol. The minimum Gasteiger partial charge on any atom is -0.437 e. The molecule has 0 fully saturated rings. The molecule has 0 saturated heterocycles. The maximum atomic E-state index is 11.2. The highest BCUT2D eigenvalue weighted by Gasteiger charge is 2.14. The van der Waals surface area contributed by atoms with Gasteiger partial charge in [0.05, 0.1) is 0 Å². The molecule has 1 heterocycles. The van der Waals surface area contributed by atoms with Crippen molar-refractivity contribution in [1.29, 1.82) is 0 Å². The standard InChI is InChI=1S/C13H14N4O2/c1-15-8-9-4-2-3-5-10(9)19-13-11(12(14)18)16-6-7-17-13/h2-7,15H,8H2,1H3,(H2,14,18). The highest BCUT2D eigenvalue weighted by atomic mass is 16.5. The molecule has 0 aliphatic carbocycles. The van der Waals surface area contributed by atoms with E-state index in [-0.39, 0.29) is 11.6 Å². The van der Waals surface area contributed by atoms with Gasteiger partial charge in [-0.3, -0.25) is 4.79 Å². The number of amides is 1. The first-order valence-electron chi connectivity index (χ1n) is 5.73. The maximum absolute atomic E-state index is 11.2. The highest BCUT2D eigenvalue weighted by Crippen LogP contribution is 2.25. The Kier molecular flexibility index (Phi) is 4.04. The number of carbonyl (C=O) groups excluding carboxylic acids is 1. The second kappa shape index (κ2) is 5.92. The molecule has 2 aromatic rings. The van der Waals surface area contributed by atoms with Gasteiger partial charge in [-0.25, -0.2) is 9.97 Å². The van der Waals surface area contributed by atoms with Crippen molar-refractivity contribution in [1.82, 2.24) is 15.3 Å². The van der Waals surface area contributed by atoms with Crippen molar-refractivity contribution < 1.29 is 9.53 Å². The van der Waals surface area contributed by atoms with E-state index in [2.05, 4.69) is 15.3 Å². The van der Waals surface area contributed by atoms with Crippen molar-refractivity contribution in [2.24, 2.45) is 5.73 Å². The molecule has 0 aliphatic heterocycles. The number of nitrogens with two attached hydrogens (primary N) is 1. The maximum Gasteiger partial charge on any atom is 0.272 e. The summed E-state index contributed by atoms with van der Waals surface area (Å²) < 4.78 is 5.64. The molecular formula is C13H14N4O2. The Bertz CT molecular complexity index is 586. The van der Waals surface area contributed by atoms with Gasteiger partial charge in [-0.1, -0.05) is 18.2 Å². The summed E-state index contributed by atoms with van der Waals surface area (Å²) in [6.45, 7) is 0.641. The average Bonchev–Trinajstić information content (AvgIpc) is 2.42. The number of benzene rings is 1. The Morgan fingerprint density at radius 2 is 2.05 bits per heavy atom. The van der Waals surface area contributed by atoms with E-state index in [1.54, 1.807) is 6.07 Å². The third-order valence-corrected chi connectivity index (χ3v) is 2.44. The fraction of sp³-hybridized carbons (Fsp3) is 0.154. The summed E-state index contributed by atoms with van der Waals surface area (Å²) in [6.07, 6.45) is 2.84. The number of ether oxygens (including phenoxy) is 1. The van der Waals surface area contributed by atoms with Gasteiger partial charge in [-0.2, -0.15) is 0 Å². The summed E-state index contributed by atoms with van der Waals surface area (Å²) in [4.78, 5) is 19.1. The Balaban J connectivity index is 2.34. The second-order valence-corrected chi connectivity index (χ2v) is 3.81. The number of para-hydroxylation sites is 1. The van der Waals surface area contributed by atoms with E-state index in [4.69, 9.17) is 10.5 Å². The normalized spacial score (nSPS) is 10.2. The molecular weight excluding hydrogens is 244 g/mol. The second-order valence-electron chi connectivity index (χ2n) is 3.81. The van der Waals surface area contributed by atoms with E-state index in [1.165, 1.54) is 12.4 Å². The van der Waals surface area contributed by atoms with Gasteiger partial charge in [0, 0.05) is 24.5 Å². The van der Waals surface area contributed by atoms with E-state index >= 15 is 0 Å². The Morgan fingerprint density at radius 3 is 2.79 bits per heavy atom. The van der Waals surface area contributed by atoms with Crippen LogP contribution in [0.15, 0.2) is 36.7 Å². The number of primary amides is 1. The van der Waals surface area contributed by atoms with E-state index in [0.29, 0.717) is 12.3 Å². The predicted molar refractivity (Wildman–Crippen MR) is 69.8 cm³/mol. The molecule has 98 valence electrons. The number of aromatic nitrogens is 2. The minimum absolute atomic E-state index is 0.0155. The van der Waals surface area contributed by atoms with Crippen LogP contribution in [0.4, 0.5) is 0 Å². The van der Waals surface area contributed by atoms with Crippen LogP contribution in [0.25, 0.3) is 0 Å². The molecule has 1 amide bonds. The molecule has 6 nitrogen and oxygen atoms in total. The number of nitrogens with zero attached hydrogens (tertiary/aromatic N) is 2. The summed E-state index contributed by atoms with van der Waals surface area (Å²) in [5.41, 5.74) is 6.20. The Morgan fingerprint density at radius 1 is 1.32 bits per heavy atom. The largest absolute Gasteiger partial charge is 0.437 e. The van der Waals surface area contributed by atoms with Crippen molar-refractivity contribution >= 4 is 5.91 Å². The van der Waals surface area contributed by atoms with Gasteiger partial charge in [-0.15, -0.1) is 0 Å². The summed E-state index contributed by atoms with van der Waals surface area (Å²) in [5, 5.41) is 3.04. The van der Waals surface area contributed by atoms with E-state index in [1.807, 2.05) is 25.2 Å². The van der Waals surface area contributed by atoms with Gasteiger partial charge in [0.1, 0.15) is 5.75 Å². The first kappa shape index (κ1) is 13.0. The molecule has 1 aromatic carbocycles. The predicted octanol–water partition coefficient (Wildman–Crippen LogP) is 1.09. The highest BCUT2D eigenvalue weighted by molar-refractivity contribution is 5.92. The SMILES string of the molecule is CNCc1ccccc1Oc1nccnc1C(N)=O. The van der Waals surface area contributed by atoms with Crippen LogP contribution in [0.1, 0.15) is 16.1 Å². The first-order valence-corrected chi connectivity index (χ1v) is 5.73. The molecule has 3 N–H and O–H groups in total. The lowest BCUT2D eigenvalue weighted by atomic mass is 10.2. The summed E-state index contributed by atoms with van der Waals surface area (Å²) in [5.74, 6) is 0.0487. The third kappa shape index (κ3) is 3.05. The van der Waals surface area contributed by atoms with Crippen LogP contribution in [-0.2, 0) is 6.54 Å². The molecule has 0 spiro atoms. The van der Waals surface area contributed by atoms with Crippen LogP contribution in [-0.4, -0.2) is 22.9 Å². The van der Waals surface area contributed by atoms with Crippen molar-refractivity contribution in [3.05, 3.63) is 47.9 Å². The van der Waals surface area contributed by atoms with Gasteiger partial charge in [0.15, 0.2) is 5.69 Å². The Hall–Kier alpha value is -2.47. The third-order valence-electron chi connectivity index (χ3n) is 2.44. The first-order chi connectivity index (χ1) is 9.22. The smallest absolute Gasteiger partial charge is 0.272 e. The van der Waals surface area contributed by atoms with Crippen LogP contribution < -0.4 is 15.8 Å². The van der Waals surface area contributed by atoms with E-state index in [9.17, 15) is 4.79 Å². The number of nitrogens with one attached hydrogen (secondary N) is 1. The molecule has 0 aliphatic rings. The number of hydrogen-bond acceptors (Lipinski definition) is 5. The fourth-order valence-electron chi connectivity index (χ4n) is 1.61. The van der Waals surface area contributed by atoms with Crippen molar-refractivity contribution in [2.45, 2.75) is 6.54 Å². The molecule has 2 rings (SSSR count). The number of rotatable bonds is 5. The lowest BCUT2D eigenvalue weighted by Crippen LogP contribution is -2.15. The zero-order valence-corrected chi connectivity index (χ0v) is 10.5. The van der Waals surface area contributed by atoms with Crippen LogP contribution in [0, 0.1) is 0 Å². The van der Waals surface area contributed by atoms with Gasteiger partial charge in [0.25, 0.3) is 11.8 Å². The van der Waals surface area contributed by atoms with Crippen LogP contribution >= 0.6 is 0 Å². The summed E-state index contributed by atoms with van der Waals surface area (Å²) >= 11 is 0. The quantitative estimate of drug-likeness (QED) is 0.837. The molecule has 0 unspecified atom stereocenters. The van der Waals surface area contributed by atoms with Gasteiger partial charge in [0.2, 0.25) is 0 Å². The summed E-state index contributed by atoms with van der Waals surface area (Å²) in [7, 11) is 1.84. The average molecular weight is 258 g/mol. The van der Waals surface area contributed by atoms with Crippen LogP contribution in [0.2, 0.25) is 0 Å². The lowest BCUT2D eigenvalue weighted by molar-refractivity contribution is 0.0992. The molecule has 0 saturated carbocycles. The fourth-order valence-corrected chi connectivity index (χ4v) is 1.61. The van der Waals surface area contributed by atoms with Crippen molar-refractivity contribution in [2.75, 3.05) is 7.05 Å². The van der Waals surface area contributed by atoms with Crippen LogP contribution in [0.3, 0.4) is 0 Å². The van der Waals surface area contributed by atoms with Crippen LogP contribution in [0.5, 0.6) is 11.6 Å². The zero-order chi connectivity index (χ0) is 13.7. The molecule has 6 heteroatoms. The van der Waals surface area contributed by atoms with Crippen molar-refractivity contribution in [3.8, 4) is 11.6 Å². The lowest BCUT2D eigenvalue weighted by Gasteiger charge is -2.11. The molecule has 1 aromatic heterocycles. The topological polar surface area (TPSA) is 90.1 Å². The van der Waals surface area contributed by atoms with Gasteiger partial charge < -0.3 is 15.8 Å². The molecule has 0 radical (unpaired) electrons. The van der Waals surface area contributed by atoms with Gasteiger partial charge in [-0.05, 0) is 13.1 Å². The Labute approximate surface area is 110 Å². The molecule has 0 bridgehead atoms. The zero-order valence-electron chi connectivity index (χ0n) is 10.5. The molecule has 0 atom stereocenters. The van der Waals surface area contributed by atoms with E-state index in [0.717, 1.165) is 5.56 Å². The van der Waals surface area contributed by atoms with Gasteiger partial charge >= 0.3 is 0 Å². The van der Waals surface area contributed by atoms with Crippen molar-refractivity contribution in [3.63, 3.8) is 0 Å². The number of carbonyl (C=O) groups is 1. The summed E-state index contributed by atoms with van der Waals surface area (Å²) in [6, 6.07) is 7.47. The molecule has 19 heavy (non-hydrogen) atoms. The number of hydrogen-bond donors (Lipinski definition) is 2.